The van der Waals surface area contributed by atoms with E-state index in [0.717, 1.165) is 29.7 Å². The summed E-state index contributed by atoms with van der Waals surface area (Å²) in [5.41, 5.74) is 2.59. The normalized spacial score (nSPS) is 13.0. The van der Waals surface area contributed by atoms with Crippen molar-refractivity contribution in [1.82, 2.24) is 14.7 Å². The van der Waals surface area contributed by atoms with Crippen molar-refractivity contribution in [3.05, 3.63) is 84.3 Å². The molecule has 1 aliphatic carbocycles. The Labute approximate surface area is 198 Å². The van der Waals surface area contributed by atoms with Crippen molar-refractivity contribution < 1.29 is 18.7 Å². The molecule has 0 N–H and O–H groups in total. The topological polar surface area (TPSA) is 69.7 Å². The summed E-state index contributed by atoms with van der Waals surface area (Å²) in [6.45, 7) is 1.02. The minimum Gasteiger partial charge on any atom is -0.497 e. The molecule has 0 bridgehead atoms. The summed E-state index contributed by atoms with van der Waals surface area (Å²) in [4.78, 5) is 15.2. The smallest absolute Gasteiger partial charge is 0.289 e. The number of amides is 1. The Balaban J connectivity index is 1.55. The Morgan fingerprint density at radius 3 is 2.59 bits per heavy atom. The van der Waals surface area contributed by atoms with Crippen molar-refractivity contribution in [2.45, 2.75) is 19.4 Å². The van der Waals surface area contributed by atoms with E-state index >= 15 is 0 Å². The molecule has 7 nitrogen and oxygen atoms in total. The largest absolute Gasteiger partial charge is 0.497 e. The van der Waals surface area contributed by atoms with Crippen LogP contribution in [0.1, 0.15) is 29.0 Å². The number of carbonyl (C=O) groups excluding carboxylic acids is 1. The van der Waals surface area contributed by atoms with Crippen molar-refractivity contribution in [3.63, 3.8) is 0 Å². The molecule has 5 rings (SSSR count). The van der Waals surface area contributed by atoms with E-state index in [-0.39, 0.29) is 5.91 Å². The van der Waals surface area contributed by atoms with Crippen molar-refractivity contribution in [1.29, 1.82) is 0 Å². The summed E-state index contributed by atoms with van der Waals surface area (Å²) in [6, 6.07) is 20.8. The highest BCUT2D eigenvalue weighted by Gasteiger charge is 2.31. The number of carbonyl (C=O) groups is 1. The summed E-state index contributed by atoms with van der Waals surface area (Å²) in [6.07, 6.45) is 3.79. The van der Waals surface area contributed by atoms with Crippen LogP contribution in [0.25, 0.3) is 11.3 Å². The Morgan fingerprint density at radius 2 is 1.88 bits per heavy atom. The second-order valence-corrected chi connectivity index (χ2v) is 8.51. The molecule has 0 saturated heterocycles. The Hall–Kier alpha value is -4.00. The number of benzene rings is 2. The van der Waals surface area contributed by atoms with Crippen molar-refractivity contribution in [2.24, 2.45) is 13.0 Å². The molecule has 0 aliphatic heterocycles. The van der Waals surface area contributed by atoms with Gasteiger partial charge in [-0.05, 0) is 43.0 Å². The van der Waals surface area contributed by atoms with E-state index in [1.807, 2.05) is 66.5 Å². The molecule has 7 heteroatoms. The zero-order chi connectivity index (χ0) is 23.5. The lowest BCUT2D eigenvalue weighted by atomic mass is 10.1. The van der Waals surface area contributed by atoms with Gasteiger partial charge in [-0.25, -0.2) is 4.68 Å². The number of methoxy groups -OCH3 is 1. The number of ether oxygens (including phenoxy) is 2. The summed E-state index contributed by atoms with van der Waals surface area (Å²) in [5, 5.41) is 4.79. The quantitative estimate of drug-likeness (QED) is 0.330. The molecule has 1 fully saturated rings. The first-order valence-corrected chi connectivity index (χ1v) is 11.4. The van der Waals surface area contributed by atoms with E-state index in [9.17, 15) is 4.79 Å². The van der Waals surface area contributed by atoms with E-state index in [4.69, 9.17) is 19.0 Å². The molecule has 174 valence electrons. The molecule has 0 atom stereocenters. The molecule has 2 aromatic heterocycles. The maximum absolute atomic E-state index is 13.3. The first-order valence-electron chi connectivity index (χ1n) is 11.4. The minimum atomic E-state index is -0.132. The fourth-order valence-corrected chi connectivity index (χ4v) is 4.01. The highest BCUT2D eigenvalue weighted by Crippen LogP contribution is 2.37. The Kier molecular flexibility index (Phi) is 6.08. The molecule has 1 aliphatic rings. The standard InChI is InChI=1S/C27H27N3O4/c1-29-27(34-22-11-6-10-21(16-22)32-2)23(25(28-29)20-8-4-3-5-9-20)18-30(17-19-13-14-19)26(31)24-12-7-15-33-24/h3-12,15-16,19H,13-14,17-18H2,1-2H3. The van der Waals surface area contributed by atoms with Crippen LogP contribution in [0.15, 0.2) is 77.4 Å². The maximum Gasteiger partial charge on any atom is 0.289 e. The second kappa shape index (κ2) is 9.47. The van der Waals surface area contributed by atoms with Gasteiger partial charge in [0.05, 0.1) is 25.5 Å². The lowest BCUT2D eigenvalue weighted by Gasteiger charge is -2.22. The van der Waals surface area contributed by atoms with Gasteiger partial charge in [-0.15, -0.1) is 0 Å². The molecule has 34 heavy (non-hydrogen) atoms. The number of hydrogen-bond donors (Lipinski definition) is 0. The van der Waals surface area contributed by atoms with Crippen LogP contribution in [-0.4, -0.2) is 34.2 Å². The average Bonchev–Trinajstić information content (AvgIpc) is 3.41. The van der Waals surface area contributed by atoms with Crippen molar-refractivity contribution in [2.75, 3.05) is 13.7 Å². The third kappa shape index (κ3) is 4.69. The average molecular weight is 458 g/mol. The molecule has 0 unspecified atom stereocenters. The molecule has 0 spiro atoms. The van der Waals surface area contributed by atoms with Gasteiger partial charge in [0.25, 0.3) is 5.91 Å². The zero-order valence-electron chi connectivity index (χ0n) is 19.3. The first kappa shape index (κ1) is 21.8. The number of aryl methyl sites for hydroxylation is 1. The maximum atomic E-state index is 13.3. The molecule has 0 radical (unpaired) electrons. The van der Waals surface area contributed by atoms with Gasteiger partial charge in [0.1, 0.15) is 17.2 Å². The van der Waals surface area contributed by atoms with Crippen LogP contribution in [-0.2, 0) is 13.6 Å². The van der Waals surface area contributed by atoms with Gasteiger partial charge in [-0.3, -0.25) is 4.79 Å². The third-order valence-electron chi connectivity index (χ3n) is 5.93. The molecule has 4 aromatic rings. The lowest BCUT2D eigenvalue weighted by Crippen LogP contribution is -2.32. The molecule has 2 heterocycles. The van der Waals surface area contributed by atoms with Gasteiger partial charge in [0.15, 0.2) is 5.76 Å². The number of nitrogens with zero attached hydrogens (tertiary/aromatic N) is 3. The van der Waals surface area contributed by atoms with Gasteiger partial charge in [-0.1, -0.05) is 36.4 Å². The van der Waals surface area contributed by atoms with Crippen molar-refractivity contribution in [3.8, 4) is 28.6 Å². The number of aromatic nitrogens is 2. The van der Waals surface area contributed by atoms with Gasteiger partial charge in [0.2, 0.25) is 5.88 Å². The summed E-state index contributed by atoms with van der Waals surface area (Å²) in [7, 11) is 3.48. The Bertz CT molecular complexity index is 1260. The van der Waals surface area contributed by atoms with Crippen LogP contribution in [0, 0.1) is 5.92 Å². The van der Waals surface area contributed by atoms with Crippen LogP contribution >= 0.6 is 0 Å². The monoisotopic (exact) mass is 457 g/mol. The molecular weight excluding hydrogens is 430 g/mol. The van der Waals surface area contributed by atoms with Gasteiger partial charge in [0, 0.05) is 25.2 Å². The third-order valence-corrected chi connectivity index (χ3v) is 5.93. The predicted molar refractivity (Wildman–Crippen MR) is 128 cm³/mol. The fraction of sp³-hybridized carbons (Fsp3) is 0.259. The van der Waals surface area contributed by atoms with E-state index in [1.165, 1.54) is 6.26 Å². The lowest BCUT2D eigenvalue weighted by molar-refractivity contribution is 0.0702. The summed E-state index contributed by atoms with van der Waals surface area (Å²) in [5.74, 6) is 2.63. The zero-order valence-corrected chi connectivity index (χ0v) is 19.3. The minimum absolute atomic E-state index is 0.132. The van der Waals surface area contributed by atoms with E-state index < -0.39 is 0 Å². The SMILES string of the molecule is COc1cccc(Oc2c(CN(CC3CC3)C(=O)c3ccco3)c(-c3ccccc3)nn2C)c1. The highest BCUT2D eigenvalue weighted by molar-refractivity contribution is 5.91. The number of hydrogen-bond acceptors (Lipinski definition) is 5. The summed E-state index contributed by atoms with van der Waals surface area (Å²) < 4.78 is 18.8. The van der Waals surface area contributed by atoms with Gasteiger partial charge < -0.3 is 18.8 Å². The number of furan rings is 1. The Morgan fingerprint density at radius 1 is 1.09 bits per heavy atom. The predicted octanol–water partition coefficient (Wildman–Crippen LogP) is 5.53. The molecule has 1 saturated carbocycles. The first-order chi connectivity index (χ1) is 16.6. The molecule has 2 aromatic carbocycles. The van der Waals surface area contributed by atoms with E-state index in [0.29, 0.717) is 42.1 Å². The molecule has 1 amide bonds. The van der Waals surface area contributed by atoms with Gasteiger partial charge in [-0.2, -0.15) is 5.10 Å². The molecular formula is C27H27N3O4. The van der Waals surface area contributed by atoms with Gasteiger partial charge >= 0.3 is 0 Å². The van der Waals surface area contributed by atoms with Crippen LogP contribution in [0.2, 0.25) is 0 Å². The van der Waals surface area contributed by atoms with E-state index in [1.54, 1.807) is 23.9 Å². The number of rotatable bonds is 9. The summed E-state index contributed by atoms with van der Waals surface area (Å²) >= 11 is 0. The van der Waals surface area contributed by atoms with Crippen LogP contribution in [0.5, 0.6) is 17.4 Å². The van der Waals surface area contributed by atoms with Crippen LogP contribution < -0.4 is 9.47 Å². The van der Waals surface area contributed by atoms with Crippen LogP contribution in [0.3, 0.4) is 0 Å². The highest BCUT2D eigenvalue weighted by atomic mass is 16.5. The van der Waals surface area contributed by atoms with Crippen molar-refractivity contribution >= 4 is 5.91 Å². The van der Waals surface area contributed by atoms with Crippen LogP contribution in [0.4, 0.5) is 0 Å². The second-order valence-electron chi connectivity index (χ2n) is 8.51. The fourth-order valence-electron chi connectivity index (χ4n) is 4.01. The van der Waals surface area contributed by atoms with E-state index in [2.05, 4.69) is 0 Å².